The lowest BCUT2D eigenvalue weighted by molar-refractivity contribution is -0.148. The number of hydrogen-bond acceptors (Lipinski definition) is 4. The van der Waals surface area contributed by atoms with Gasteiger partial charge < -0.3 is 10.1 Å². The molecule has 0 bridgehead atoms. The molecule has 0 aliphatic heterocycles. The zero-order valence-corrected chi connectivity index (χ0v) is 15.9. The Bertz CT molecular complexity index is 986. The predicted octanol–water partition coefficient (Wildman–Crippen LogP) is 3.85. The average molecular weight is 406 g/mol. The lowest BCUT2D eigenvalue weighted by Crippen LogP contribution is -2.37. The van der Waals surface area contributed by atoms with E-state index in [-0.39, 0.29) is 5.69 Å². The quantitative estimate of drug-likeness (QED) is 0.609. The van der Waals surface area contributed by atoms with Gasteiger partial charge in [0.25, 0.3) is 5.91 Å². The number of benzene rings is 3. The summed E-state index contributed by atoms with van der Waals surface area (Å²) in [4.78, 5) is 36.5. The number of halogens is 1. The van der Waals surface area contributed by atoms with Crippen molar-refractivity contribution >= 4 is 23.6 Å². The topological polar surface area (TPSA) is 84.5 Å². The molecule has 0 heterocycles. The van der Waals surface area contributed by atoms with Gasteiger partial charge in [-0.25, -0.2) is 9.18 Å². The van der Waals surface area contributed by atoms with Crippen LogP contribution in [0.4, 0.5) is 14.9 Å². The molecule has 0 unspecified atom stereocenters. The molecule has 3 aromatic carbocycles. The highest BCUT2D eigenvalue weighted by Crippen LogP contribution is 2.25. The van der Waals surface area contributed by atoms with Crippen molar-refractivity contribution in [3.05, 3.63) is 102 Å². The van der Waals surface area contributed by atoms with Crippen molar-refractivity contribution in [2.75, 3.05) is 11.9 Å². The van der Waals surface area contributed by atoms with Gasteiger partial charge >= 0.3 is 12.0 Å². The van der Waals surface area contributed by atoms with Crippen LogP contribution < -0.4 is 10.6 Å². The molecule has 7 heteroatoms. The van der Waals surface area contributed by atoms with Crippen LogP contribution in [-0.4, -0.2) is 24.5 Å². The Kier molecular flexibility index (Phi) is 6.89. The molecule has 3 amide bonds. The average Bonchev–Trinajstić information content (AvgIpc) is 2.75. The van der Waals surface area contributed by atoms with E-state index in [9.17, 15) is 18.8 Å². The van der Waals surface area contributed by atoms with E-state index >= 15 is 0 Å². The van der Waals surface area contributed by atoms with E-state index in [1.54, 1.807) is 48.5 Å². The third-order valence-electron chi connectivity index (χ3n) is 4.22. The number of urea groups is 1. The Hall–Kier alpha value is -4.00. The smallest absolute Gasteiger partial charge is 0.326 e. The fraction of sp³-hybridized carbons (Fsp3) is 0.0870. The number of esters is 1. The number of amides is 3. The second-order valence-electron chi connectivity index (χ2n) is 6.34. The first-order valence-electron chi connectivity index (χ1n) is 9.16. The maximum Gasteiger partial charge on any atom is 0.326 e. The lowest BCUT2D eigenvalue weighted by Gasteiger charge is -2.17. The molecule has 152 valence electrons. The fourth-order valence-corrected chi connectivity index (χ4v) is 2.85. The standard InChI is InChI=1S/C23H19FN2O4/c24-18-13-7-8-14-19(18)25-23(29)26-20(27)15-30-22(28)21(16-9-3-1-4-10-16)17-11-5-2-6-12-17/h1-14,21H,15H2,(H2,25,26,27,29). The van der Waals surface area contributed by atoms with Crippen molar-refractivity contribution in [3.63, 3.8) is 0 Å². The minimum atomic E-state index is -0.927. The van der Waals surface area contributed by atoms with E-state index in [0.29, 0.717) is 11.1 Å². The van der Waals surface area contributed by atoms with Crippen LogP contribution in [0.1, 0.15) is 17.0 Å². The van der Waals surface area contributed by atoms with Crippen molar-refractivity contribution in [1.29, 1.82) is 0 Å². The molecule has 0 saturated heterocycles. The number of anilines is 1. The highest BCUT2D eigenvalue weighted by atomic mass is 19.1. The van der Waals surface area contributed by atoms with Gasteiger partial charge in [0.2, 0.25) is 0 Å². The molecule has 0 saturated carbocycles. The number of carbonyl (C=O) groups excluding carboxylic acids is 3. The van der Waals surface area contributed by atoms with Gasteiger partial charge in [0.1, 0.15) is 11.7 Å². The van der Waals surface area contributed by atoms with E-state index in [0.717, 1.165) is 0 Å². The SMILES string of the molecule is O=C(COC(=O)C(c1ccccc1)c1ccccc1)NC(=O)Nc1ccccc1F. The molecular weight excluding hydrogens is 387 g/mol. The van der Waals surface area contributed by atoms with E-state index in [1.165, 1.54) is 24.3 Å². The summed E-state index contributed by atoms with van der Waals surface area (Å²) in [7, 11) is 0. The number of hydrogen-bond donors (Lipinski definition) is 2. The number of ether oxygens (including phenoxy) is 1. The Balaban J connectivity index is 1.60. The van der Waals surface area contributed by atoms with Crippen LogP contribution >= 0.6 is 0 Å². The Morgan fingerprint density at radius 2 is 1.33 bits per heavy atom. The van der Waals surface area contributed by atoms with Crippen molar-refractivity contribution in [2.45, 2.75) is 5.92 Å². The van der Waals surface area contributed by atoms with E-state index in [4.69, 9.17) is 4.74 Å². The van der Waals surface area contributed by atoms with Crippen molar-refractivity contribution < 1.29 is 23.5 Å². The second-order valence-corrected chi connectivity index (χ2v) is 6.34. The summed E-state index contributed by atoms with van der Waals surface area (Å²) in [6, 6.07) is 22.7. The normalized spacial score (nSPS) is 10.3. The van der Waals surface area contributed by atoms with Gasteiger partial charge in [0.15, 0.2) is 6.61 Å². The summed E-state index contributed by atoms with van der Waals surface area (Å²) in [5.41, 5.74) is 1.35. The summed E-state index contributed by atoms with van der Waals surface area (Å²) in [6.07, 6.45) is 0. The summed E-state index contributed by atoms with van der Waals surface area (Å²) in [6.45, 7) is -0.653. The zero-order chi connectivity index (χ0) is 21.3. The maximum absolute atomic E-state index is 13.6. The molecule has 30 heavy (non-hydrogen) atoms. The monoisotopic (exact) mass is 406 g/mol. The van der Waals surface area contributed by atoms with E-state index in [2.05, 4.69) is 5.32 Å². The first kappa shape index (κ1) is 20.7. The van der Waals surface area contributed by atoms with Crippen LogP contribution in [0.5, 0.6) is 0 Å². The van der Waals surface area contributed by atoms with Crippen LogP contribution in [0.3, 0.4) is 0 Å². The molecule has 0 radical (unpaired) electrons. The Morgan fingerprint density at radius 3 is 1.90 bits per heavy atom. The molecule has 3 rings (SSSR count). The summed E-state index contributed by atoms with van der Waals surface area (Å²) >= 11 is 0. The highest BCUT2D eigenvalue weighted by Gasteiger charge is 2.25. The largest absolute Gasteiger partial charge is 0.455 e. The van der Waals surface area contributed by atoms with Crippen LogP contribution in [-0.2, 0) is 14.3 Å². The molecule has 0 aliphatic rings. The third-order valence-corrected chi connectivity index (χ3v) is 4.22. The van der Waals surface area contributed by atoms with Gasteiger partial charge in [-0.05, 0) is 23.3 Å². The van der Waals surface area contributed by atoms with Crippen molar-refractivity contribution in [2.24, 2.45) is 0 Å². The minimum Gasteiger partial charge on any atom is -0.455 e. The maximum atomic E-state index is 13.6. The fourth-order valence-electron chi connectivity index (χ4n) is 2.85. The lowest BCUT2D eigenvalue weighted by atomic mass is 9.91. The number of para-hydroxylation sites is 1. The summed E-state index contributed by atoms with van der Waals surface area (Å²) < 4.78 is 18.7. The molecule has 0 aliphatic carbocycles. The summed E-state index contributed by atoms with van der Waals surface area (Å²) in [5, 5.41) is 4.21. The number of rotatable bonds is 6. The van der Waals surface area contributed by atoms with Gasteiger partial charge in [-0.2, -0.15) is 0 Å². The van der Waals surface area contributed by atoms with Gasteiger partial charge in [-0.1, -0.05) is 72.8 Å². The van der Waals surface area contributed by atoms with Gasteiger partial charge in [0.05, 0.1) is 5.69 Å². The molecule has 0 fully saturated rings. The molecule has 0 atom stereocenters. The molecule has 0 aromatic heterocycles. The number of nitrogens with one attached hydrogen (secondary N) is 2. The molecule has 6 nitrogen and oxygen atoms in total. The van der Waals surface area contributed by atoms with Crippen LogP contribution in [0, 0.1) is 5.82 Å². The molecule has 0 spiro atoms. The van der Waals surface area contributed by atoms with Gasteiger partial charge in [-0.15, -0.1) is 0 Å². The van der Waals surface area contributed by atoms with Gasteiger partial charge in [-0.3, -0.25) is 14.9 Å². The van der Waals surface area contributed by atoms with Crippen molar-refractivity contribution in [3.8, 4) is 0 Å². The first-order chi connectivity index (χ1) is 14.5. The number of imide groups is 1. The van der Waals surface area contributed by atoms with Gasteiger partial charge in [0, 0.05) is 0 Å². The second kappa shape index (κ2) is 9.97. The van der Waals surface area contributed by atoms with Crippen LogP contribution in [0.2, 0.25) is 0 Å². The first-order valence-corrected chi connectivity index (χ1v) is 9.16. The highest BCUT2D eigenvalue weighted by molar-refractivity contribution is 6.02. The Morgan fingerprint density at radius 1 is 0.800 bits per heavy atom. The minimum absolute atomic E-state index is 0.0759. The molecular formula is C23H19FN2O4. The number of carbonyl (C=O) groups is 3. The van der Waals surface area contributed by atoms with E-state index < -0.39 is 36.2 Å². The predicted molar refractivity (Wildman–Crippen MR) is 109 cm³/mol. The zero-order valence-electron chi connectivity index (χ0n) is 15.9. The van der Waals surface area contributed by atoms with Crippen LogP contribution in [0.15, 0.2) is 84.9 Å². The summed E-state index contributed by atoms with van der Waals surface area (Å²) in [5.74, 6) is -2.82. The van der Waals surface area contributed by atoms with Crippen LogP contribution in [0.25, 0.3) is 0 Å². The molecule has 2 N–H and O–H groups in total. The molecule has 3 aromatic rings. The van der Waals surface area contributed by atoms with E-state index in [1.807, 2.05) is 17.4 Å². The Labute approximate surface area is 172 Å². The third kappa shape index (κ3) is 5.51. The van der Waals surface area contributed by atoms with Crippen molar-refractivity contribution in [1.82, 2.24) is 5.32 Å².